The summed E-state index contributed by atoms with van der Waals surface area (Å²) in [5.41, 5.74) is 0.303. The maximum atomic E-state index is 12.2. The van der Waals surface area contributed by atoms with E-state index in [0.29, 0.717) is 12.1 Å². The van der Waals surface area contributed by atoms with Gasteiger partial charge in [-0.05, 0) is 24.5 Å². The van der Waals surface area contributed by atoms with E-state index < -0.39 is 4.92 Å². The number of hydrogen-bond donors (Lipinski definition) is 0. The number of nitro groups is 1. The Hall–Kier alpha value is -2.15. The van der Waals surface area contributed by atoms with Crippen molar-refractivity contribution in [3.05, 3.63) is 55.2 Å². The quantitative estimate of drug-likeness (QED) is 0.641. The molecule has 0 fully saturated rings. The van der Waals surface area contributed by atoms with Gasteiger partial charge < -0.3 is 0 Å². The SMILES string of the molecule is O=c1n(Cc2ccc(Cl)c([N+](=O)[O-])c2)nc2n1CCCC2. The fourth-order valence-electron chi connectivity index (χ4n) is 2.52. The summed E-state index contributed by atoms with van der Waals surface area (Å²) < 4.78 is 3.03. The third-order valence-corrected chi connectivity index (χ3v) is 3.89. The van der Waals surface area contributed by atoms with Gasteiger partial charge in [-0.3, -0.25) is 14.7 Å². The molecule has 0 amide bonds. The van der Waals surface area contributed by atoms with Crippen LogP contribution in [0.15, 0.2) is 23.0 Å². The molecule has 1 aromatic carbocycles. The summed E-state index contributed by atoms with van der Waals surface area (Å²) in [6, 6.07) is 4.52. The highest BCUT2D eigenvalue weighted by Gasteiger charge is 2.18. The lowest BCUT2D eigenvalue weighted by Crippen LogP contribution is -2.27. The van der Waals surface area contributed by atoms with E-state index in [1.54, 1.807) is 10.6 Å². The number of benzene rings is 1. The van der Waals surface area contributed by atoms with E-state index in [0.717, 1.165) is 25.1 Å². The Morgan fingerprint density at radius 1 is 1.38 bits per heavy atom. The minimum Gasteiger partial charge on any atom is -0.279 e. The highest BCUT2D eigenvalue weighted by atomic mass is 35.5. The topological polar surface area (TPSA) is 83.0 Å². The summed E-state index contributed by atoms with van der Waals surface area (Å²) in [6.45, 7) is 0.895. The number of aryl methyl sites for hydroxylation is 1. The fourth-order valence-corrected chi connectivity index (χ4v) is 2.71. The van der Waals surface area contributed by atoms with Gasteiger partial charge in [-0.2, -0.15) is 5.10 Å². The summed E-state index contributed by atoms with van der Waals surface area (Å²) >= 11 is 5.78. The molecule has 0 saturated carbocycles. The van der Waals surface area contributed by atoms with Gasteiger partial charge in [-0.1, -0.05) is 17.7 Å². The zero-order valence-corrected chi connectivity index (χ0v) is 11.9. The molecule has 0 radical (unpaired) electrons. The average molecular weight is 309 g/mol. The van der Waals surface area contributed by atoms with Crippen LogP contribution in [-0.4, -0.2) is 19.3 Å². The molecule has 1 aliphatic heterocycles. The molecule has 0 saturated heterocycles. The maximum absolute atomic E-state index is 12.2. The first-order valence-corrected chi connectivity index (χ1v) is 7.03. The maximum Gasteiger partial charge on any atom is 0.346 e. The van der Waals surface area contributed by atoms with Crippen LogP contribution < -0.4 is 5.69 Å². The second-order valence-corrected chi connectivity index (χ2v) is 5.42. The van der Waals surface area contributed by atoms with Crippen LogP contribution in [0.2, 0.25) is 5.02 Å². The summed E-state index contributed by atoms with van der Waals surface area (Å²) in [5.74, 6) is 0.787. The van der Waals surface area contributed by atoms with Crippen LogP contribution in [0.4, 0.5) is 5.69 Å². The zero-order chi connectivity index (χ0) is 15.0. The standard InChI is InChI=1S/C13H13ClN4O3/c14-10-5-4-9(7-11(10)18(20)21)8-17-13(19)16-6-2-1-3-12(16)15-17/h4-5,7H,1-3,6,8H2. The molecule has 0 aliphatic carbocycles. The van der Waals surface area contributed by atoms with E-state index in [2.05, 4.69) is 5.10 Å². The first kappa shape index (κ1) is 13.8. The monoisotopic (exact) mass is 308 g/mol. The lowest BCUT2D eigenvalue weighted by atomic mass is 10.2. The number of aromatic nitrogens is 3. The van der Waals surface area contributed by atoms with Gasteiger partial charge in [-0.25, -0.2) is 9.48 Å². The van der Waals surface area contributed by atoms with Crippen LogP contribution in [0.25, 0.3) is 0 Å². The third kappa shape index (κ3) is 2.56. The van der Waals surface area contributed by atoms with Crippen molar-refractivity contribution in [1.29, 1.82) is 0 Å². The molecule has 2 heterocycles. The molecule has 8 heteroatoms. The Bertz CT molecular complexity index is 765. The number of nitrogens with zero attached hydrogens (tertiary/aromatic N) is 4. The molecule has 0 spiro atoms. The van der Waals surface area contributed by atoms with Crippen LogP contribution in [0.1, 0.15) is 24.2 Å². The highest BCUT2D eigenvalue weighted by molar-refractivity contribution is 6.32. The molecular weight excluding hydrogens is 296 g/mol. The molecule has 0 bridgehead atoms. The fraction of sp³-hybridized carbons (Fsp3) is 0.385. The molecule has 7 nitrogen and oxygen atoms in total. The number of rotatable bonds is 3. The van der Waals surface area contributed by atoms with Gasteiger partial charge in [-0.15, -0.1) is 0 Å². The molecule has 3 rings (SSSR count). The third-order valence-electron chi connectivity index (χ3n) is 3.57. The summed E-state index contributed by atoms with van der Waals surface area (Å²) in [6.07, 6.45) is 2.80. The van der Waals surface area contributed by atoms with E-state index in [1.807, 2.05) is 0 Å². The molecule has 110 valence electrons. The number of hydrogen-bond acceptors (Lipinski definition) is 4. The summed E-state index contributed by atoms with van der Waals surface area (Å²) in [5, 5.41) is 15.3. The van der Waals surface area contributed by atoms with Crippen LogP contribution in [0.3, 0.4) is 0 Å². The lowest BCUT2D eigenvalue weighted by Gasteiger charge is -2.09. The van der Waals surface area contributed by atoms with Crippen LogP contribution in [0, 0.1) is 10.1 Å². The van der Waals surface area contributed by atoms with Crippen molar-refractivity contribution >= 4 is 17.3 Å². The van der Waals surface area contributed by atoms with Crippen molar-refractivity contribution in [2.24, 2.45) is 0 Å². The Morgan fingerprint density at radius 3 is 2.90 bits per heavy atom. The molecule has 0 unspecified atom stereocenters. The molecular formula is C13H13ClN4O3. The van der Waals surface area contributed by atoms with Crippen LogP contribution in [-0.2, 0) is 19.5 Å². The van der Waals surface area contributed by atoms with Crippen LogP contribution in [0.5, 0.6) is 0 Å². The van der Waals surface area contributed by atoms with Gasteiger partial charge in [0.2, 0.25) is 0 Å². The second-order valence-electron chi connectivity index (χ2n) is 5.01. The first-order valence-electron chi connectivity index (χ1n) is 6.65. The summed E-state index contributed by atoms with van der Waals surface area (Å²) in [7, 11) is 0. The van der Waals surface area contributed by atoms with Crippen molar-refractivity contribution in [3.63, 3.8) is 0 Å². The Morgan fingerprint density at radius 2 is 2.19 bits per heavy atom. The zero-order valence-electron chi connectivity index (χ0n) is 11.2. The molecule has 21 heavy (non-hydrogen) atoms. The van der Waals surface area contributed by atoms with Crippen molar-refractivity contribution in [2.45, 2.75) is 32.4 Å². The lowest BCUT2D eigenvalue weighted by molar-refractivity contribution is -0.384. The van der Waals surface area contributed by atoms with Crippen molar-refractivity contribution in [2.75, 3.05) is 0 Å². The summed E-state index contributed by atoms with van der Waals surface area (Å²) in [4.78, 5) is 22.6. The molecule has 0 N–H and O–H groups in total. The largest absolute Gasteiger partial charge is 0.346 e. The van der Waals surface area contributed by atoms with Crippen LogP contribution >= 0.6 is 11.6 Å². The van der Waals surface area contributed by atoms with Gasteiger partial charge in [0.05, 0.1) is 11.5 Å². The normalized spacial score (nSPS) is 14.0. The predicted molar refractivity (Wildman–Crippen MR) is 76.6 cm³/mol. The Labute approximate surface area is 124 Å². The Kier molecular flexibility index (Phi) is 3.50. The number of nitro benzene ring substituents is 1. The van der Waals surface area contributed by atoms with Gasteiger partial charge in [0.1, 0.15) is 10.8 Å². The van der Waals surface area contributed by atoms with Gasteiger partial charge in [0.15, 0.2) is 0 Å². The predicted octanol–water partition coefficient (Wildman–Crippen LogP) is 1.99. The van der Waals surface area contributed by atoms with Gasteiger partial charge in [0.25, 0.3) is 5.69 Å². The Balaban J connectivity index is 1.94. The van der Waals surface area contributed by atoms with Crippen molar-refractivity contribution < 1.29 is 4.92 Å². The van der Waals surface area contributed by atoms with E-state index in [1.165, 1.54) is 16.8 Å². The first-order chi connectivity index (χ1) is 10.1. The minimum atomic E-state index is -0.535. The van der Waals surface area contributed by atoms with Gasteiger partial charge in [0, 0.05) is 19.0 Å². The minimum absolute atomic E-state index is 0.0835. The van der Waals surface area contributed by atoms with E-state index in [-0.39, 0.29) is 22.9 Å². The van der Waals surface area contributed by atoms with Crippen molar-refractivity contribution in [1.82, 2.24) is 14.3 Å². The highest BCUT2D eigenvalue weighted by Crippen LogP contribution is 2.25. The van der Waals surface area contributed by atoms with E-state index in [9.17, 15) is 14.9 Å². The number of halogens is 1. The van der Waals surface area contributed by atoms with E-state index in [4.69, 9.17) is 11.6 Å². The van der Waals surface area contributed by atoms with Gasteiger partial charge >= 0.3 is 5.69 Å². The van der Waals surface area contributed by atoms with E-state index >= 15 is 0 Å². The second kappa shape index (κ2) is 5.33. The molecule has 1 aliphatic rings. The molecule has 2 aromatic rings. The average Bonchev–Trinajstić information content (AvgIpc) is 2.78. The number of fused-ring (bicyclic) bond motifs is 1. The smallest absolute Gasteiger partial charge is 0.279 e. The van der Waals surface area contributed by atoms with Crippen molar-refractivity contribution in [3.8, 4) is 0 Å². The molecule has 0 atom stereocenters. The molecule has 1 aromatic heterocycles.